The van der Waals surface area contributed by atoms with E-state index in [0.717, 1.165) is 31.9 Å². The van der Waals surface area contributed by atoms with Crippen LogP contribution in [0.2, 0.25) is 0 Å². The molecule has 1 aromatic carbocycles. The number of benzene rings is 1. The van der Waals surface area contributed by atoms with E-state index in [1.165, 1.54) is 12.1 Å². The Labute approximate surface area is 111 Å². The SMILES string of the molecule is CN(CC1CCCCO1)c1ccc(F)cc1[N+](=O)[O-]. The molecular formula is C13H17FN2O3. The number of nitrogens with zero attached hydrogens (tertiary/aromatic N) is 2. The molecule has 2 rings (SSSR count). The molecule has 19 heavy (non-hydrogen) atoms. The van der Waals surface area contributed by atoms with Gasteiger partial charge < -0.3 is 9.64 Å². The lowest BCUT2D eigenvalue weighted by Gasteiger charge is -2.28. The summed E-state index contributed by atoms with van der Waals surface area (Å²) in [6, 6.07) is 3.63. The molecule has 1 heterocycles. The highest BCUT2D eigenvalue weighted by Gasteiger charge is 2.22. The molecule has 0 saturated carbocycles. The van der Waals surface area contributed by atoms with Crippen molar-refractivity contribution >= 4 is 11.4 Å². The number of halogens is 1. The topological polar surface area (TPSA) is 55.6 Å². The zero-order valence-electron chi connectivity index (χ0n) is 10.8. The Kier molecular flexibility index (Phi) is 4.31. The number of hydrogen-bond donors (Lipinski definition) is 0. The normalized spacial score (nSPS) is 19.2. The Balaban J connectivity index is 2.13. The lowest BCUT2D eigenvalue weighted by Crippen LogP contribution is -2.33. The van der Waals surface area contributed by atoms with Gasteiger partial charge in [0.05, 0.1) is 17.1 Å². The van der Waals surface area contributed by atoms with Crippen LogP contribution in [0.25, 0.3) is 0 Å². The monoisotopic (exact) mass is 268 g/mol. The van der Waals surface area contributed by atoms with Crippen molar-refractivity contribution in [3.8, 4) is 0 Å². The summed E-state index contributed by atoms with van der Waals surface area (Å²) in [6.45, 7) is 1.32. The molecule has 5 nitrogen and oxygen atoms in total. The van der Waals surface area contributed by atoms with Crippen molar-refractivity contribution < 1.29 is 14.1 Å². The van der Waals surface area contributed by atoms with E-state index in [1.54, 1.807) is 11.9 Å². The maximum Gasteiger partial charge on any atom is 0.295 e. The van der Waals surface area contributed by atoms with Gasteiger partial charge in [-0.3, -0.25) is 10.1 Å². The molecule has 6 heteroatoms. The fourth-order valence-corrected chi connectivity index (χ4v) is 2.32. The van der Waals surface area contributed by atoms with Crippen LogP contribution < -0.4 is 4.90 Å². The number of rotatable bonds is 4. The van der Waals surface area contributed by atoms with Gasteiger partial charge in [0.25, 0.3) is 5.69 Å². The highest BCUT2D eigenvalue weighted by molar-refractivity contribution is 5.62. The van der Waals surface area contributed by atoms with Gasteiger partial charge in [-0.25, -0.2) is 4.39 Å². The van der Waals surface area contributed by atoms with Gasteiger partial charge in [-0.05, 0) is 31.4 Å². The van der Waals surface area contributed by atoms with Gasteiger partial charge >= 0.3 is 0 Å². The predicted molar refractivity (Wildman–Crippen MR) is 69.9 cm³/mol. The number of anilines is 1. The van der Waals surface area contributed by atoms with Crippen LogP contribution in [0.3, 0.4) is 0 Å². The third-order valence-electron chi connectivity index (χ3n) is 3.30. The molecule has 0 aromatic heterocycles. The zero-order valence-corrected chi connectivity index (χ0v) is 10.8. The summed E-state index contributed by atoms with van der Waals surface area (Å²) in [7, 11) is 1.76. The second-order valence-corrected chi connectivity index (χ2v) is 4.76. The van der Waals surface area contributed by atoms with Crippen LogP contribution in [0, 0.1) is 15.9 Å². The van der Waals surface area contributed by atoms with E-state index in [-0.39, 0.29) is 11.8 Å². The number of likely N-dealkylation sites (N-methyl/N-ethyl adjacent to an activating group) is 1. The summed E-state index contributed by atoms with van der Waals surface area (Å²) >= 11 is 0. The van der Waals surface area contributed by atoms with Crippen molar-refractivity contribution in [3.05, 3.63) is 34.1 Å². The van der Waals surface area contributed by atoms with Crippen molar-refractivity contribution in [2.24, 2.45) is 0 Å². The van der Waals surface area contributed by atoms with Crippen LogP contribution in [0.5, 0.6) is 0 Å². The van der Waals surface area contributed by atoms with Gasteiger partial charge in [0.1, 0.15) is 11.5 Å². The summed E-state index contributed by atoms with van der Waals surface area (Å²) < 4.78 is 18.7. The van der Waals surface area contributed by atoms with E-state index in [2.05, 4.69) is 0 Å². The molecular weight excluding hydrogens is 251 g/mol. The van der Waals surface area contributed by atoms with Gasteiger partial charge in [-0.15, -0.1) is 0 Å². The van der Waals surface area contributed by atoms with Crippen molar-refractivity contribution in [3.63, 3.8) is 0 Å². The average molecular weight is 268 g/mol. The summed E-state index contributed by atoms with van der Waals surface area (Å²) in [5, 5.41) is 11.0. The molecule has 1 fully saturated rings. The van der Waals surface area contributed by atoms with Crippen molar-refractivity contribution in [1.82, 2.24) is 0 Å². The maximum absolute atomic E-state index is 13.1. The Bertz CT molecular complexity index is 461. The van der Waals surface area contributed by atoms with Gasteiger partial charge in [0, 0.05) is 20.2 Å². The van der Waals surface area contributed by atoms with E-state index in [4.69, 9.17) is 4.74 Å². The second kappa shape index (κ2) is 5.97. The standard InChI is InChI=1S/C13H17FN2O3/c1-15(9-11-4-2-3-7-19-11)12-6-5-10(14)8-13(12)16(17)18/h5-6,8,11H,2-4,7,9H2,1H3. The summed E-state index contributed by atoms with van der Waals surface area (Å²) in [5.41, 5.74) is 0.207. The summed E-state index contributed by atoms with van der Waals surface area (Å²) in [5.74, 6) is -0.599. The fourth-order valence-electron chi connectivity index (χ4n) is 2.32. The Morgan fingerprint density at radius 1 is 1.53 bits per heavy atom. The van der Waals surface area contributed by atoms with Crippen LogP contribution in [-0.4, -0.2) is 31.2 Å². The summed E-state index contributed by atoms with van der Waals surface area (Å²) in [4.78, 5) is 12.2. The Morgan fingerprint density at radius 2 is 2.32 bits per heavy atom. The number of hydrogen-bond acceptors (Lipinski definition) is 4. The first kappa shape index (κ1) is 13.7. The molecule has 0 amide bonds. The molecule has 1 atom stereocenters. The minimum Gasteiger partial charge on any atom is -0.376 e. The van der Waals surface area contributed by atoms with Crippen molar-refractivity contribution in [2.75, 3.05) is 25.1 Å². The lowest BCUT2D eigenvalue weighted by atomic mass is 10.1. The minimum absolute atomic E-state index is 0.0865. The molecule has 1 aliphatic rings. The largest absolute Gasteiger partial charge is 0.376 e. The molecule has 0 radical (unpaired) electrons. The first-order valence-corrected chi connectivity index (χ1v) is 6.34. The molecule has 1 unspecified atom stereocenters. The Morgan fingerprint density at radius 3 is 2.95 bits per heavy atom. The number of nitro groups is 1. The third-order valence-corrected chi connectivity index (χ3v) is 3.30. The first-order valence-electron chi connectivity index (χ1n) is 6.34. The third kappa shape index (κ3) is 3.41. The van der Waals surface area contributed by atoms with Crippen LogP contribution in [0.1, 0.15) is 19.3 Å². The highest BCUT2D eigenvalue weighted by Crippen LogP contribution is 2.28. The van der Waals surface area contributed by atoms with Crippen molar-refractivity contribution in [1.29, 1.82) is 0 Å². The molecule has 1 saturated heterocycles. The first-order chi connectivity index (χ1) is 9.08. The van der Waals surface area contributed by atoms with Crippen LogP contribution in [0.15, 0.2) is 18.2 Å². The molecule has 0 bridgehead atoms. The zero-order chi connectivity index (χ0) is 13.8. The molecule has 0 N–H and O–H groups in total. The van der Waals surface area contributed by atoms with Gasteiger partial charge in [0.15, 0.2) is 0 Å². The van der Waals surface area contributed by atoms with E-state index in [0.29, 0.717) is 12.2 Å². The summed E-state index contributed by atoms with van der Waals surface area (Å²) in [6.07, 6.45) is 3.23. The van der Waals surface area contributed by atoms with E-state index in [1.807, 2.05) is 0 Å². The van der Waals surface area contributed by atoms with Gasteiger partial charge in [0.2, 0.25) is 0 Å². The van der Waals surface area contributed by atoms with Crippen LogP contribution >= 0.6 is 0 Å². The lowest BCUT2D eigenvalue weighted by molar-refractivity contribution is -0.384. The van der Waals surface area contributed by atoms with E-state index >= 15 is 0 Å². The van der Waals surface area contributed by atoms with E-state index < -0.39 is 10.7 Å². The smallest absolute Gasteiger partial charge is 0.295 e. The molecule has 1 aliphatic heterocycles. The molecule has 1 aromatic rings. The molecule has 104 valence electrons. The number of ether oxygens (including phenoxy) is 1. The van der Waals surface area contributed by atoms with Gasteiger partial charge in [-0.2, -0.15) is 0 Å². The highest BCUT2D eigenvalue weighted by atomic mass is 19.1. The van der Waals surface area contributed by atoms with Crippen LogP contribution in [0.4, 0.5) is 15.8 Å². The average Bonchev–Trinajstić information content (AvgIpc) is 2.39. The maximum atomic E-state index is 13.1. The quantitative estimate of drug-likeness (QED) is 0.622. The van der Waals surface area contributed by atoms with Crippen LogP contribution in [-0.2, 0) is 4.74 Å². The Hall–Kier alpha value is -1.69. The number of nitro benzene ring substituents is 1. The fraction of sp³-hybridized carbons (Fsp3) is 0.538. The van der Waals surface area contributed by atoms with Gasteiger partial charge in [-0.1, -0.05) is 0 Å². The van der Waals surface area contributed by atoms with E-state index in [9.17, 15) is 14.5 Å². The molecule has 0 spiro atoms. The molecule has 0 aliphatic carbocycles. The second-order valence-electron chi connectivity index (χ2n) is 4.76. The predicted octanol–water partition coefficient (Wildman–Crippen LogP) is 2.74. The van der Waals surface area contributed by atoms with Crippen molar-refractivity contribution in [2.45, 2.75) is 25.4 Å². The minimum atomic E-state index is -0.599.